The highest BCUT2D eigenvalue weighted by molar-refractivity contribution is 5.86. The molecule has 1 heterocycles. The van der Waals surface area contributed by atoms with Gasteiger partial charge in [0.05, 0.1) is 0 Å². The van der Waals surface area contributed by atoms with Crippen LogP contribution in [-0.2, 0) is 20.8 Å². The predicted molar refractivity (Wildman–Crippen MR) is 104 cm³/mol. The third-order valence-electron chi connectivity index (χ3n) is 5.23. The SMILES string of the molecule is C[C@H](NC(=O)CC[C@]1(Cc2ccc3ccccc3c2)CCC(=O)N1)C(N)=O. The van der Waals surface area contributed by atoms with Gasteiger partial charge < -0.3 is 16.4 Å². The Morgan fingerprint density at radius 1 is 1.22 bits per heavy atom. The highest BCUT2D eigenvalue weighted by Gasteiger charge is 2.38. The van der Waals surface area contributed by atoms with Gasteiger partial charge in [0.1, 0.15) is 6.04 Å². The molecule has 1 fully saturated rings. The molecule has 2 aromatic rings. The molecule has 1 aliphatic heterocycles. The number of amides is 3. The summed E-state index contributed by atoms with van der Waals surface area (Å²) in [4.78, 5) is 35.1. The summed E-state index contributed by atoms with van der Waals surface area (Å²) in [6.45, 7) is 1.56. The van der Waals surface area contributed by atoms with Crippen LogP contribution in [-0.4, -0.2) is 29.3 Å². The summed E-state index contributed by atoms with van der Waals surface area (Å²) in [5, 5.41) is 8.01. The summed E-state index contributed by atoms with van der Waals surface area (Å²) in [6.07, 6.45) is 2.57. The van der Waals surface area contributed by atoms with Crippen molar-refractivity contribution in [2.45, 2.75) is 50.6 Å². The topological polar surface area (TPSA) is 101 Å². The molecule has 1 saturated heterocycles. The number of fused-ring (bicyclic) bond motifs is 1. The smallest absolute Gasteiger partial charge is 0.239 e. The molecule has 2 aromatic carbocycles. The molecule has 0 aliphatic carbocycles. The Bertz CT molecular complexity index is 880. The maximum absolute atomic E-state index is 12.1. The number of benzene rings is 2. The number of carbonyl (C=O) groups is 3. The molecule has 3 amide bonds. The minimum absolute atomic E-state index is 0.0155. The van der Waals surface area contributed by atoms with Crippen molar-refractivity contribution in [2.75, 3.05) is 0 Å². The summed E-state index contributed by atoms with van der Waals surface area (Å²) in [6, 6.07) is 13.7. The lowest BCUT2D eigenvalue weighted by Crippen LogP contribution is -2.46. The molecule has 6 nitrogen and oxygen atoms in total. The maximum atomic E-state index is 12.1. The van der Waals surface area contributed by atoms with Crippen LogP contribution >= 0.6 is 0 Å². The van der Waals surface area contributed by atoms with Gasteiger partial charge in [-0.15, -0.1) is 0 Å². The normalized spacial score (nSPS) is 20.3. The van der Waals surface area contributed by atoms with Crippen LogP contribution in [0.3, 0.4) is 0 Å². The molecule has 2 atom stereocenters. The quantitative estimate of drug-likeness (QED) is 0.695. The second-order valence-corrected chi connectivity index (χ2v) is 7.38. The summed E-state index contributed by atoms with van der Waals surface area (Å²) in [5.74, 6) is -0.787. The molecular weight excluding hydrogens is 342 g/mol. The van der Waals surface area contributed by atoms with Gasteiger partial charge in [0, 0.05) is 18.4 Å². The largest absolute Gasteiger partial charge is 0.368 e. The molecule has 0 unspecified atom stereocenters. The molecule has 6 heteroatoms. The molecule has 4 N–H and O–H groups in total. The zero-order valence-corrected chi connectivity index (χ0v) is 15.5. The van der Waals surface area contributed by atoms with E-state index in [1.807, 2.05) is 12.1 Å². The maximum Gasteiger partial charge on any atom is 0.239 e. The Kier molecular flexibility index (Phi) is 5.44. The first kappa shape index (κ1) is 18.9. The number of primary amides is 1. The molecular formula is C21H25N3O3. The first-order valence-electron chi connectivity index (χ1n) is 9.24. The van der Waals surface area contributed by atoms with Gasteiger partial charge in [-0.2, -0.15) is 0 Å². The third-order valence-corrected chi connectivity index (χ3v) is 5.23. The molecule has 142 valence electrons. The Balaban J connectivity index is 1.71. The average Bonchev–Trinajstić information content (AvgIpc) is 3.00. The lowest BCUT2D eigenvalue weighted by Gasteiger charge is -2.29. The van der Waals surface area contributed by atoms with Crippen LogP contribution in [0.15, 0.2) is 42.5 Å². The molecule has 0 saturated carbocycles. The van der Waals surface area contributed by atoms with Crippen LogP contribution in [0.1, 0.15) is 38.2 Å². The van der Waals surface area contributed by atoms with E-state index >= 15 is 0 Å². The van der Waals surface area contributed by atoms with Gasteiger partial charge in [-0.25, -0.2) is 0 Å². The van der Waals surface area contributed by atoms with Crippen molar-refractivity contribution >= 4 is 28.5 Å². The minimum atomic E-state index is -0.702. The number of rotatable bonds is 7. The van der Waals surface area contributed by atoms with Crippen LogP contribution in [0.4, 0.5) is 0 Å². The lowest BCUT2D eigenvalue weighted by atomic mass is 9.84. The standard InChI is InChI=1S/C21H25N3O3/c1-14(20(22)27)23-18(25)8-10-21(11-9-19(26)24-21)13-15-6-7-16-4-2-3-5-17(16)12-15/h2-7,12,14H,8-11,13H2,1H3,(H2,22,27)(H,23,25)(H,24,26)/t14-,21+/m0/s1. The first-order chi connectivity index (χ1) is 12.9. The summed E-state index contributed by atoms with van der Waals surface area (Å²) >= 11 is 0. The lowest BCUT2D eigenvalue weighted by molar-refractivity contribution is -0.127. The summed E-state index contributed by atoms with van der Waals surface area (Å²) in [5.41, 5.74) is 5.87. The van der Waals surface area contributed by atoms with Gasteiger partial charge in [0.2, 0.25) is 17.7 Å². The fourth-order valence-corrected chi connectivity index (χ4v) is 3.66. The molecule has 0 spiro atoms. The monoisotopic (exact) mass is 367 g/mol. The Labute approximate surface area is 158 Å². The molecule has 0 aromatic heterocycles. The van der Waals surface area contributed by atoms with E-state index in [1.165, 1.54) is 5.39 Å². The van der Waals surface area contributed by atoms with E-state index < -0.39 is 17.5 Å². The van der Waals surface area contributed by atoms with E-state index in [4.69, 9.17) is 5.73 Å². The average molecular weight is 367 g/mol. The van der Waals surface area contributed by atoms with Gasteiger partial charge >= 0.3 is 0 Å². The van der Waals surface area contributed by atoms with Gasteiger partial charge in [-0.3, -0.25) is 14.4 Å². The van der Waals surface area contributed by atoms with Crippen molar-refractivity contribution in [1.82, 2.24) is 10.6 Å². The van der Waals surface area contributed by atoms with Crippen molar-refractivity contribution < 1.29 is 14.4 Å². The molecule has 0 bridgehead atoms. The van der Waals surface area contributed by atoms with E-state index in [0.717, 1.165) is 10.9 Å². The number of hydrogen-bond donors (Lipinski definition) is 3. The number of carbonyl (C=O) groups excluding carboxylic acids is 3. The van der Waals surface area contributed by atoms with Crippen molar-refractivity contribution in [3.63, 3.8) is 0 Å². The Morgan fingerprint density at radius 2 is 1.96 bits per heavy atom. The molecule has 27 heavy (non-hydrogen) atoms. The zero-order valence-electron chi connectivity index (χ0n) is 15.5. The summed E-state index contributed by atoms with van der Waals surface area (Å²) in [7, 11) is 0. The van der Waals surface area contributed by atoms with Crippen molar-refractivity contribution in [3.05, 3.63) is 48.0 Å². The van der Waals surface area contributed by atoms with Gasteiger partial charge in [0.25, 0.3) is 0 Å². The number of nitrogens with one attached hydrogen (secondary N) is 2. The highest BCUT2D eigenvalue weighted by Crippen LogP contribution is 2.30. The third kappa shape index (κ3) is 4.64. The minimum Gasteiger partial charge on any atom is -0.368 e. The Morgan fingerprint density at radius 3 is 2.63 bits per heavy atom. The van der Waals surface area contributed by atoms with E-state index in [1.54, 1.807) is 6.92 Å². The summed E-state index contributed by atoms with van der Waals surface area (Å²) < 4.78 is 0. The van der Waals surface area contributed by atoms with Crippen LogP contribution in [0, 0.1) is 0 Å². The van der Waals surface area contributed by atoms with Gasteiger partial charge in [0.15, 0.2) is 0 Å². The van der Waals surface area contributed by atoms with E-state index in [-0.39, 0.29) is 18.2 Å². The van der Waals surface area contributed by atoms with E-state index in [2.05, 4.69) is 41.0 Å². The van der Waals surface area contributed by atoms with Crippen molar-refractivity contribution in [1.29, 1.82) is 0 Å². The molecule has 3 rings (SSSR count). The predicted octanol–water partition coefficient (Wildman–Crippen LogP) is 1.80. The molecule has 1 aliphatic rings. The zero-order chi connectivity index (χ0) is 19.4. The van der Waals surface area contributed by atoms with Crippen LogP contribution < -0.4 is 16.4 Å². The van der Waals surface area contributed by atoms with Gasteiger partial charge in [-0.1, -0.05) is 42.5 Å². The highest BCUT2D eigenvalue weighted by atomic mass is 16.2. The van der Waals surface area contributed by atoms with Crippen LogP contribution in [0.5, 0.6) is 0 Å². The Hall–Kier alpha value is -2.89. The fraction of sp³-hybridized carbons (Fsp3) is 0.381. The van der Waals surface area contributed by atoms with Crippen molar-refractivity contribution in [2.24, 2.45) is 5.73 Å². The van der Waals surface area contributed by atoms with Gasteiger partial charge in [-0.05, 0) is 42.5 Å². The second kappa shape index (κ2) is 7.78. The first-order valence-corrected chi connectivity index (χ1v) is 9.24. The number of nitrogens with two attached hydrogens (primary N) is 1. The molecule has 0 radical (unpaired) electrons. The number of hydrogen-bond acceptors (Lipinski definition) is 3. The van der Waals surface area contributed by atoms with Crippen LogP contribution in [0.25, 0.3) is 10.8 Å². The second-order valence-electron chi connectivity index (χ2n) is 7.38. The van der Waals surface area contributed by atoms with E-state index in [9.17, 15) is 14.4 Å². The van der Waals surface area contributed by atoms with Crippen LogP contribution in [0.2, 0.25) is 0 Å². The fourth-order valence-electron chi connectivity index (χ4n) is 3.66. The van der Waals surface area contributed by atoms with Crippen molar-refractivity contribution in [3.8, 4) is 0 Å². The van der Waals surface area contributed by atoms with E-state index in [0.29, 0.717) is 25.7 Å².